The summed E-state index contributed by atoms with van der Waals surface area (Å²) in [4.78, 5) is 12.0. The Balaban J connectivity index is 1.56. The lowest BCUT2D eigenvalue weighted by atomic mass is 10.1. The molecule has 3 N–H and O–H groups in total. The number of hydrogen-bond acceptors (Lipinski definition) is 5. The average Bonchev–Trinajstić information content (AvgIpc) is 3.13. The monoisotopic (exact) mass is 346 g/mol. The molecule has 128 valence electrons. The van der Waals surface area contributed by atoms with Crippen LogP contribution < -0.4 is 10.6 Å². The Labute approximate surface area is 145 Å². The van der Waals surface area contributed by atoms with Gasteiger partial charge in [0.25, 0.3) is 0 Å². The van der Waals surface area contributed by atoms with Gasteiger partial charge in [-0.25, -0.2) is 4.79 Å². The highest BCUT2D eigenvalue weighted by Gasteiger charge is 2.23. The molecule has 2 aromatic rings. The number of anilines is 1. The number of nitrogens with zero attached hydrogens (tertiary/aromatic N) is 2. The van der Waals surface area contributed by atoms with E-state index in [1.807, 2.05) is 13.8 Å². The molecule has 0 bridgehead atoms. The molecule has 1 aliphatic carbocycles. The highest BCUT2D eigenvalue weighted by Crippen LogP contribution is 2.28. The average molecular weight is 346 g/mol. The van der Waals surface area contributed by atoms with Gasteiger partial charge in [-0.3, -0.25) is 5.32 Å². The van der Waals surface area contributed by atoms with Gasteiger partial charge in [-0.1, -0.05) is 28.5 Å². The van der Waals surface area contributed by atoms with E-state index < -0.39 is 0 Å². The molecule has 0 aliphatic heterocycles. The first-order chi connectivity index (χ1) is 11.5. The van der Waals surface area contributed by atoms with Crippen LogP contribution in [0, 0.1) is 19.8 Å². The second-order valence-corrected chi connectivity index (χ2v) is 7.43. The van der Waals surface area contributed by atoms with E-state index in [-0.39, 0.29) is 12.1 Å². The van der Waals surface area contributed by atoms with Crippen molar-refractivity contribution in [2.75, 3.05) is 11.9 Å². The molecule has 0 spiro atoms. The van der Waals surface area contributed by atoms with Gasteiger partial charge in [0.05, 0.1) is 6.10 Å². The summed E-state index contributed by atoms with van der Waals surface area (Å²) in [6.45, 7) is 4.67. The molecule has 2 amide bonds. The molecule has 2 atom stereocenters. The second-order valence-electron chi connectivity index (χ2n) is 6.46. The summed E-state index contributed by atoms with van der Waals surface area (Å²) in [7, 11) is 0. The lowest BCUT2D eigenvalue weighted by Gasteiger charge is -2.10. The molecule has 0 radical (unpaired) electrons. The lowest BCUT2D eigenvalue weighted by molar-refractivity contribution is 0.177. The zero-order valence-electron chi connectivity index (χ0n) is 13.9. The number of aliphatic hydroxyl groups excluding tert-OH is 1. The summed E-state index contributed by atoms with van der Waals surface area (Å²) in [5.74, 6) is 0.353. The summed E-state index contributed by atoms with van der Waals surface area (Å²) >= 11 is 1.36. The molecule has 1 aromatic heterocycles. The number of urea groups is 1. The number of hydrogen-bond donors (Lipinski definition) is 3. The van der Waals surface area contributed by atoms with Crippen LogP contribution in [0.1, 0.15) is 30.4 Å². The number of carbonyl (C=O) groups excluding carboxylic acids is 1. The van der Waals surface area contributed by atoms with Crippen molar-refractivity contribution < 1.29 is 9.90 Å². The third-order valence-corrected chi connectivity index (χ3v) is 5.07. The first-order valence-corrected chi connectivity index (χ1v) is 8.96. The van der Waals surface area contributed by atoms with Crippen LogP contribution >= 0.6 is 11.3 Å². The van der Waals surface area contributed by atoms with Crippen molar-refractivity contribution in [3.8, 4) is 10.6 Å². The van der Waals surface area contributed by atoms with Crippen molar-refractivity contribution in [1.82, 2.24) is 15.5 Å². The van der Waals surface area contributed by atoms with Crippen LogP contribution in [0.15, 0.2) is 18.2 Å². The van der Waals surface area contributed by atoms with Gasteiger partial charge in [0, 0.05) is 12.1 Å². The van der Waals surface area contributed by atoms with E-state index in [0.29, 0.717) is 17.6 Å². The largest absolute Gasteiger partial charge is 0.393 e. The van der Waals surface area contributed by atoms with Gasteiger partial charge < -0.3 is 10.4 Å². The van der Waals surface area contributed by atoms with Crippen molar-refractivity contribution in [2.45, 2.75) is 39.2 Å². The molecule has 1 fully saturated rings. The van der Waals surface area contributed by atoms with Crippen molar-refractivity contribution in [3.63, 3.8) is 0 Å². The number of carbonyl (C=O) groups is 1. The van der Waals surface area contributed by atoms with Crippen LogP contribution in [0.4, 0.5) is 9.93 Å². The predicted molar refractivity (Wildman–Crippen MR) is 95.2 cm³/mol. The molecule has 24 heavy (non-hydrogen) atoms. The molecule has 1 aromatic carbocycles. The van der Waals surface area contributed by atoms with Crippen molar-refractivity contribution in [3.05, 3.63) is 29.3 Å². The van der Waals surface area contributed by atoms with E-state index in [1.165, 1.54) is 22.5 Å². The number of aryl methyl sites for hydroxylation is 2. The Kier molecular flexibility index (Phi) is 5.11. The Bertz CT molecular complexity index is 711. The Morgan fingerprint density at radius 3 is 2.67 bits per heavy atom. The Hall–Kier alpha value is -1.99. The molecular weight excluding hydrogens is 324 g/mol. The van der Waals surface area contributed by atoms with Crippen molar-refractivity contribution in [2.24, 2.45) is 5.92 Å². The standard InChI is InChI=1S/C17H22N4O2S/c1-10-5-11(2)7-13(6-10)15-20-21-17(24-15)19-16(23)18-9-12-3-4-14(22)8-12/h5-7,12,14,22H,3-4,8-9H2,1-2H3,(H2,18,19,21,23)/t12-,14+/m1/s1. The molecule has 3 rings (SSSR count). The smallest absolute Gasteiger partial charge is 0.321 e. The molecule has 1 saturated carbocycles. The van der Waals surface area contributed by atoms with Gasteiger partial charge in [-0.15, -0.1) is 10.2 Å². The van der Waals surface area contributed by atoms with Crippen LogP contribution in [0.2, 0.25) is 0 Å². The van der Waals surface area contributed by atoms with E-state index >= 15 is 0 Å². The lowest BCUT2D eigenvalue weighted by Crippen LogP contribution is -2.32. The first kappa shape index (κ1) is 16.9. The number of amides is 2. The van der Waals surface area contributed by atoms with Crippen molar-refractivity contribution >= 4 is 22.5 Å². The van der Waals surface area contributed by atoms with Crippen LogP contribution in [-0.2, 0) is 0 Å². The number of aliphatic hydroxyl groups is 1. The molecule has 1 heterocycles. The zero-order chi connectivity index (χ0) is 17.1. The number of aromatic nitrogens is 2. The van der Waals surface area contributed by atoms with E-state index in [4.69, 9.17) is 0 Å². The highest BCUT2D eigenvalue weighted by molar-refractivity contribution is 7.18. The maximum atomic E-state index is 12.0. The Morgan fingerprint density at radius 1 is 1.25 bits per heavy atom. The predicted octanol–water partition coefficient (Wildman–Crippen LogP) is 3.10. The van der Waals surface area contributed by atoms with E-state index in [9.17, 15) is 9.90 Å². The van der Waals surface area contributed by atoms with Gasteiger partial charge in [-0.05, 0) is 51.2 Å². The minimum atomic E-state index is -0.278. The quantitative estimate of drug-likeness (QED) is 0.794. The minimum absolute atomic E-state index is 0.219. The third-order valence-electron chi connectivity index (χ3n) is 4.18. The molecule has 1 aliphatic rings. The summed E-state index contributed by atoms with van der Waals surface area (Å²) in [6.07, 6.45) is 2.32. The fraction of sp³-hybridized carbons (Fsp3) is 0.471. The summed E-state index contributed by atoms with van der Waals surface area (Å²) < 4.78 is 0. The van der Waals surface area contributed by atoms with Gasteiger partial charge in [0.2, 0.25) is 5.13 Å². The van der Waals surface area contributed by atoms with E-state index in [1.54, 1.807) is 0 Å². The van der Waals surface area contributed by atoms with Gasteiger partial charge in [0.1, 0.15) is 5.01 Å². The zero-order valence-corrected chi connectivity index (χ0v) is 14.7. The fourth-order valence-electron chi connectivity index (χ4n) is 3.10. The van der Waals surface area contributed by atoms with Gasteiger partial charge >= 0.3 is 6.03 Å². The number of rotatable bonds is 4. The topological polar surface area (TPSA) is 87.1 Å². The van der Waals surface area contributed by atoms with Crippen LogP contribution in [-0.4, -0.2) is 34.0 Å². The Morgan fingerprint density at radius 2 is 2.00 bits per heavy atom. The number of nitrogens with one attached hydrogen (secondary N) is 2. The minimum Gasteiger partial charge on any atom is -0.393 e. The maximum absolute atomic E-state index is 12.0. The molecular formula is C17H22N4O2S. The van der Waals surface area contributed by atoms with E-state index in [0.717, 1.165) is 29.8 Å². The third kappa shape index (κ3) is 4.30. The highest BCUT2D eigenvalue weighted by atomic mass is 32.1. The normalized spacial score (nSPS) is 20.1. The van der Waals surface area contributed by atoms with Gasteiger partial charge in [0.15, 0.2) is 0 Å². The molecule has 0 saturated heterocycles. The summed E-state index contributed by atoms with van der Waals surface area (Å²) in [5, 5.41) is 24.5. The molecule has 6 nitrogen and oxygen atoms in total. The fourth-order valence-corrected chi connectivity index (χ4v) is 3.83. The molecule has 0 unspecified atom stereocenters. The van der Waals surface area contributed by atoms with Crippen LogP contribution in [0.3, 0.4) is 0 Å². The second kappa shape index (κ2) is 7.27. The summed E-state index contributed by atoms with van der Waals surface area (Å²) in [5.41, 5.74) is 3.36. The maximum Gasteiger partial charge on any atom is 0.321 e. The van der Waals surface area contributed by atoms with Gasteiger partial charge in [-0.2, -0.15) is 0 Å². The SMILES string of the molecule is Cc1cc(C)cc(-c2nnc(NC(=O)NC[C@@H]3CC[C@H](O)C3)s2)c1. The first-order valence-electron chi connectivity index (χ1n) is 8.14. The van der Waals surface area contributed by atoms with Crippen LogP contribution in [0.5, 0.6) is 0 Å². The number of benzene rings is 1. The van der Waals surface area contributed by atoms with Crippen LogP contribution in [0.25, 0.3) is 10.6 Å². The molecule has 7 heteroatoms. The van der Waals surface area contributed by atoms with Crippen molar-refractivity contribution in [1.29, 1.82) is 0 Å². The summed E-state index contributed by atoms with van der Waals surface area (Å²) in [6, 6.07) is 5.95. The van der Waals surface area contributed by atoms with E-state index in [2.05, 4.69) is 39.0 Å².